The van der Waals surface area contributed by atoms with E-state index in [1.54, 1.807) is 36.4 Å². The van der Waals surface area contributed by atoms with Crippen LogP contribution < -0.4 is 19.7 Å². The van der Waals surface area contributed by atoms with Gasteiger partial charge in [-0.1, -0.05) is 17.7 Å². The predicted molar refractivity (Wildman–Crippen MR) is 138 cm³/mol. The molecular weight excluding hydrogens is 485 g/mol. The Morgan fingerprint density at radius 2 is 2.08 bits per heavy atom. The molecule has 4 rings (SSSR count). The summed E-state index contributed by atoms with van der Waals surface area (Å²) in [6.07, 6.45) is 3.07. The van der Waals surface area contributed by atoms with Gasteiger partial charge in [0, 0.05) is 42.5 Å². The molecule has 10 heteroatoms. The van der Waals surface area contributed by atoms with Crippen molar-refractivity contribution in [2.75, 3.05) is 44.0 Å². The summed E-state index contributed by atoms with van der Waals surface area (Å²) in [6, 6.07) is 11.2. The Balaban J connectivity index is 1.38. The number of amides is 1. The Hall–Kier alpha value is -3.43. The molecule has 1 unspecified atom stereocenters. The van der Waals surface area contributed by atoms with E-state index in [1.807, 2.05) is 6.92 Å². The fraction of sp³-hybridized carbons (Fsp3) is 0.346. The van der Waals surface area contributed by atoms with Crippen molar-refractivity contribution in [2.24, 2.45) is 5.92 Å². The SMILES string of the molecule is Cc1ccc(Cl)cc1OC(=O)N(C)c1ccnc(Nc2ccc(OCC3CCCN(C)C3)c(F)c2)n1. The van der Waals surface area contributed by atoms with Gasteiger partial charge in [-0.25, -0.2) is 14.2 Å². The molecule has 3 aromatic rings. The lowest BCUT2D eigenvalue weighted by molar-refractivity contribution is 0.147. The van der Waals surface area contributed by atoms with Gasteiger partial charge >= 0.3 is 6.09 Å². The molecule has 0 bridgehead atoms. The molecule has 1 aliphatic heterocycles. The van der Waals surface area contributed by atoms with Crippen molar-refractivity contribution in [3.05, 3.63) is 65.1 Å². The van der Waals surface area contributed by atoms with Gasteiger partial charge in [0.05, 0.1) is 6.61 Å². The lowest BCUT2D eigenvalue weighted by Crippen LogP contribution is -2.34. The molecule has 1 aliphatic rings. The topological polar surface area (TPSA) is 79.8 Å². The van der Waals surface area contributed by atoms with Crippen LogP contribution in [-0.4, -0.2) is 54.8 Å². The van der Waals surface area contributed by atoms with Crippen LogP contribution in [0.3, 0.4) is 0 Å². The Labute approximate surface area is 215 Å². The van der Waals surface area contributed by atoms with E-state index in [1.165, 1.54) is 24.2 Å². The first-order valence-electron chi connectivity index (χ1n) is 11.7. The minimum atomic E-state index is -0.637. The van der Waals surface area contributed by atoms with Gasteiger partial charge in [0.1, 0.15) is 11.6 Å². The number of hydrogen-bond donors (Lipinski definition) is 1. The maximum Gasteiger partial charge on any atom is 0.420 e. The number of aromatic nitrogens is 2. The molecule has 0 spiro atoms. The van der Waals surface area contributed by atoms with Gasteiger partial charge < -0.3 is 19.7 Å². The van der Waals surface area contributed by atoms with E-state index in [-0.39, 0.29) is 11.7 Å². The summed E-state index contributed by atoms with van der Waals surface area (Å²) in [5.41, 5.74) is 1.22. The number of benzene rings is 2. The number of nitrogens with one attached hydrogen (secondary N) is 1. The summed E-state index contributed by atoms with van der Waals surface area (Å²) in [5, 5.41) is 3.43. The van der Waals surface area contributed by atoms with Crippen molar-refractivity contribution in [1.82, 2.24) is 14.9 Å². The maximum atomic E-state index is 14.7. The summed E-state index contributed by atoms with van der Waals surface area (Å²) in [7, 11) is 3.62. The minimum absolute atomic E-state index is 0.199. The normalized spacial score (nSPS) is 15.9. The number of rotatable bonds is 7. The highest BCUT2D eigenvalue weighted by Crippen LogP contribution is 2.26. The number of halogens is 2. The third-order valence-corrected chi connectivity index (χ3v) is 6.23. The Bertz CT molecular complexity index is 1230. The van der Waals surface area contributed by atoms with Crippen molar-refractivity contribution in [3.63, 3.8) is 0 Å². The number of nitrogens with zero attached hydrogens (tertiary/aromatic N) is 4. The molecule has 2 aromatic carbocycles. The third-order valence-electron chi connectivity index (χ3n) is 5.99. The van der Waals surface area contributed by atoms with Crippen molar-refractivity contribution in [1.29, 1.82) is 0 Å². The van der Waals surface area contributed by atoms with Crippen LogP contribution in [0.5, 0.6) is 11.5 Å². The molecule has 1 N–H and O–H groups in total. The van der Waals surface area contributed by atoms with Crippen LogP contribution >= 0.6 is 11.6 Å². The van der Waals surface area contributed by atoms with Crippen LogP contribution in [0.4, 0.5) is 26.6 Å². The highest BCUT2D eigenvalue weighted by Gasteiger charge is 2.19. The number of aryl methyl sites for hydroxylation is 1. The first-order chi connectivity index (χ1) is 17.3. The van der Waals surface area contributed by atoms with E-state index in [4.69, 9.17) is 21.1 Å². The van der Waals surface area contributed by atoms with Crippen LogP contribution in [0.15, 0.2) is 48.7 Å². The highest BCUT2D eigenvalue weighted by molar-refractivity contribution is 6.30. The highest BCUT2D eigenvalue weighted by atomic mass is 35.5. The van der Waals surface area contributed by atoms with Crippen molar-refractivity contribution in [2.45, 2.75) is 19.8 Å². The van der Waals surface area contributed by atoms with Gasteiger partial charge in [-0.05, 0) is 69.3 Å². The molecule has 1 fully saturated rings. The molecule has 1 atom stereocenters. The summed E-state index contributed by atoms with van der Waals surface area (Å²) in [5.74, 6) is 0.989. The van der Waals surface area contributed by atoms with Gasteiger partial charge in [-0.2, -0.15) is 4.98 Å². The third kappa shape index (κ3) is 6.61. The molecule has 8 nitrogen and oxygen atoms in total. The number of carbonyl (C=O) groups excluding carboxylic acids is 1. The average Bonchev–Trinajstić information content (AvgIpc) is 2.85. The second-order valence-corrected chi connectivity index (χ2v) is 9.36. The molecule has 1 aromatic heterocycles. The average molecular weight is 514 g/mol. The quantitative estimate of drug-likeness (QED) is 0.435. The van der Waals surface area contributed by atoms with E-state index in [0.717, 1.165) is 31.5 Å². The zero-order valence-corrected chi connectivity index (χ0v) is 21.3. The van der Waals surface area contributed by atoms with Crippen molar-refractivity contribution in [3.8, 4) is 11.5 Å². The number of carbonyl (C=O) groups is 1. The number of hydrogen-bond acceptors (Lipinski definition) is 7. The van der Waals surface area contributed by atoms with Gasteiger partial charge in [0.15, 0.2) is 11.6 Å². The molecule has 0 radical (unpaired) electrons. The molecule has 1 saturated heterocycles. The minimum Gasteiger partial charge on any atom is -0.490 e. The van der Waals surface area contributed by atoms with Crippen LogP contribution in [0, 0.1) is 18.7 Å². The predicted octanol–water partition coefficient (Wildman–Crippen LogP) is 5.68. The number of anilines is 3. The molecule has 1 amide bonds. The van der Waals surface area contributed by atoms with Gasteiger partial charge in [0.25, 0.3) is 0 Å². The van der Waals surface area contributed by atoms with E-state index >= 15 is 0 Å². The van der Waals surface area contributed by atoms with Crippen molar-refractivity contribution >= 4 is 35.1 Å². The Morgan fingerprint density at radius 3 is 2.86 bits per heavy atom. The number of piperidine rings is 1. The fourth-order valence-electron chi connectivity index (χ4n) is 3.98. The van der Waals surface area contributed by atoms with Crippen LogP contribution in [0.2, 0.25) is 5.02 Å². The summed E-state index contributed by atoms with van der Waals surface area (Å²) in [4.78, 5) is 24.7. The zero-order chi connectivity index (χ0) is 25.7. The van der Waals surface area contributed by atoms with Crippen LogP contribution in [0.25, 0.3) is 0 Å². The monoisotopic (exact) mass is 513 g/mol. The van der Waals surface area contributed by atoms with Crippen molar-refractivity contribution < 1.29 is 18.7 Å². The number of ether oxygens (including phenoxy) is 2. The van der Waals surface area contributed by atoms with Gasteiger partial charge in [0.2, 0.25) is 5.95 Å². The maximum absolute atomic E-state index is 14.7. The zero-order valence-electron chi connectivity index (χ0n) is 20.5. The molecule has 36 heavy (non-hydrogen) atoms. The first-order valence-corrected chi connectivity index (χ1v) is 12.1. The van der Waals surface area contributed by atoms with Gasteiger partial charge in [-0.15, -0.1) is 0 Å². The molecule has 0 aliphatic carbocycles. The lowest BCUT2D eigenvalue weighted by Gasteiger charge is -2.29. The smallest absolute Gasteiger partial charge is 0.420 e. The van der Waals surface area contributed by atoms with E-state index in [0.29, 0.717) is 34.8 Å². The molecule has 2 heterocycles. The Kier molecular flexibility index (Phi) is 8.22. The fourth-order valence-corrected chi connectivity index (χ4v) is 4.14. The van der Waals surface area contributed by atoms with Gasteiger partial charge in [-0.3, -0.25) is 4.90 Å². The second-order valence-electron chi connectivity index (χ2n) is 8.93. The molecule has 190 valence electrons. The molecular formula is C26H29ClFN5O3. The second kappa shape index (κ2) is 11.5. The van der Waals surface area contributed by atoms with E-state index < -0.39 is 11.9 Å². The van der Waals surface area contributed by atoms with Crippen LogP contribution in [-0.2, 0) is 0 Å². The lowest BCUT2D eigenvalue weighted by atomic mass is 10.00. The molecule has 0 saturated carbocycles. The Morgan fingerprint density at radius 1 is 1.25 bits per heavy atom. The first kappa shape index (κ1) is 25.7. The summed E-state index contributed by atoms with van der Waals surface area (Å²) >= 11 is 6.00. The largest absolute Gasteiger partial charge is 0.490 e. The summed E-state index contributed by atoms with van der Waals surface area (Å²) < 4.78 is 25.9. The standard InChI is InChI=1S/C26H29ClFN5O3/c1-17-6-7-19(27)13-23(17)36-26(34)33(3)24-10-11-29-25(31-24)30-20-8-9-22(21(28)14-20)35-16-18-5-4-12-32(2)15-18/h6-11,13-14,18H,4-5,12,15-16H2,1-3H3,(H,29,30,31). The summed E-state index contributed by atoms with van der Waals surface area (Å²) in [6.45, 7) is 4.34. The number of likely N-dealkylation sites (tertiary alicyclic amines) is 1. The van der Waals surface area contributed by atoms with E-state index in [2.05, 4.69) is 27.2 Å². The van der Waals surface area contributed by atoms with E-state index in [9.17, 15) is 9.18 Å². The van der Waals surface area contributed by atoms with Crippen LogP contribution in [0.1, 0.15) is 18.4 Å².